The Hall–Kier alpha value is -2.67. The number of rotatable bonds is 1. The predicted molar refractivity (Wildman–Crippen MR) is 75.6 cm³/mol. The molecule has 1 aromatic heterocycles. The van der Waals surface area contributed by atoms with E-state index in [0.717, 1.165) is 11.0 Å². The van der Waals surface area contributed by atoms with Crippen molar-refractivity contribution >= 4 is 11.0 Å². The lowest BCUT2D eigenvalue weighted by Gasteiger charge is -2.05. The van der Waals surface area contributed by atoms with Crippen molar-refractivity contribution in [3.8, 4) is 17.5 Å². The SMILES string of the molecule is Cc1cccc(-c2nc3ccc(C#N)cc3n2C)c1F. The number of hydrogen-bond acceptors (Lipinski definition) is 2. The van der Waals surface area contributed by atoms with E-state index in [1.165, 1.54) is 0 Å². The lowest BCUT2D eigenvalue weighted by molar-refractivity contribution is 0.620. The Morgan fingerprint density at radius 1 is 1.25 bits per heavy atom. The third-order valence-electron chi connectivity index (χ3n) is 3.44. The highest BCUT2D eigenvalue weighted by molar-refractivity contribution is 5.82. The van der Waals surface area contributed by atoms with E-state index in [1.54, 1.807) is 37.3 Å². The van der Waals surface area contributed by atoms with E-state index in [1.807, 2.05) is 17.7 Å². The number of hydrogen-bond donors (Lipinski definition) is 0. The molecule has 0 radical (unpaired) electrons. The highest BCUT2D eigenvalue weighted by Gasteiger charge is 2.14. The molecule has 2 aromatic carbocycles. The number of aryl methyl sites for hydroxylation is 2. The van der Waals surface area contributed by atoms with Crippen molar-refractivity contribution in [3.05, 3.63) is 53.3 Å². The molecule has 3 rings (SSSR count). The molecule has 0 fully saturated rings. The van der Waals surface area contributed by atoms with E-state index in [0.29, 0.717) is 22.5 Å². The minimum Gasteiger partial charge on any atom is -0.327 e. The Morgan fingerprint density at radius 2 is 2.05 bits per heavy atom. The van der Waals surface area contributed by atoms with Crippen molar-refractivity contribution in [2.75, 3.05) is 0 Å². The first-order valence-corrected chi connectivity index (χ1v) is 6.24. The monoisotopic (exact) mass is 265 g/mol. The molecule has 0 amide bonds. The molecule has 3 aromatic rings. The largest absolute Gasteiger partial charge is 0.327 e. The molecule has 0 aliphatic rings. The average Bonchev–Trinajstić information content (AvgIpc) is 2.78. The van der Waals surface area contributed by atoms with Crippen molar-refractivity contribution in [3.63, 3.8) is 0 Å². The van der Waals surface area contributed by atoms with Crippen LogP contribution in [0.4, 0.5) is 4.39 Å². The second-order valence-electron chi connectivity index (χ2n) is 4.75. The van der Waals surface area contributed by atoms with Gasteiger partial charge >= 0.3 is 0 Å². The molecule has 0 unspecified atom stereocenters. The van der Waals surface area contributed by atoms with Gasteiger partial charge in [0.05, 0.1) is 28.2 Å². The first-order valence-electron chi connectivity index (χ1n) is 6.24. The van der Waals surface area contributed by atoms with Crippen molar-refractivity contribution in [2.24, 2.45) is 7.05 Å². The van der Waals surface area contributed by atoms with Crippen LogP contribution in [0.1, 0.15) is 11.1 Å². The summed E-state index contributed by atoms with van der Waals surface area (Å²) in [4.78, 5) is 4.47. The van der Waals surface area contributed by atoms with Crippen LogP contribution in [0.2, 0.25) is 0 Å². The fourth-order valence-corrected chi connectivity index (χ4v) is 2.32. The molecule has 20 heavy (non-hydrogen) atoms. The Bertz CT molecular complexity index is 856. The van der Waals surface area contributed by atoms with Gasteiger partial charge in [0, 0.05) is 7.05 Å². The molecule has 0 aliphatic heterocycles. The summed E-state index contributed by atoms with van der Waals surface area (Å²) in [6.45, 7) is 1.73. The number of aromatic nitrogens is 2. The van der Waals surface area contributed by atoms with Crippen LogP contribution in [0.15, 0.2) is 36.4 Å². The lowest BCUT2D eigenvalue weighted by Crippen LogP contribution is -1.96. The maximum Gasteiger partial charge on any atom is 0.143 e. The van der Waals surface area contributed by atoms with E-state index in [9.17, 15) is 4.39 Å². The molecule has 98 valence electrons. The van der Waals surface area contributed by atoms with Gasteiger partial charge in [-0.1, -0.05) is 12.1 Å². The fraction of sp³-hybridized carbons (Fsp3) is 0.125. The summed E-state index contributed by atoms with van der Waals surface area (Å²) in [5.74, 6) is 0.308. The normalized spacial score (nSPS) is 10.7. The van der Waals surface area contributed by atoms with Gasteiger partial charge in [0.15, 0.2) is 0 Å². The second-order valence-corrected chi connectivity index (χ2v) is 4.75. The Labute approximate surface area is 115 Å². The first-order chi connectivity index (χ1) is 9.61. The van der Waals surface area contributed by atoms with Gasteiger partial charge in [0.1, 0.15) is 11.6 Å². The van der Waals surface area contributed by atoms with Gasteiger partial charge < -0.3 is 4.57 Å². The van der Waals surface area contributed by atoms with Crippen LogP contribution in [0.25, 0.3) is 22.4 Å². The average molecular weight is 265 g/mol. The molecule has 0 spiro atoms. The van der Waals surface area contributed by atoms with Crippen molar-refractivity contribution in [2.45, 2.75) is 6.92 Å². The highest BCUT2D eigenvalue weighted by atomic mass is 19.1. The van der Waals surface area contributed by atoms with Gasteiger partial charge in [0.2, 0.25) is 0 Å². The van der Waals surface area contributed by atoms with E-state index in [2.05, 4.69) is 11.1 Å². The van der Waals surface area contributed by atoms with Gasteiger partial charge in [-0.25, -0.2) is 9.37 Å². The van der Waals surface area contributed by atoms with E-state index in [4.69, 9.17) is 5.26 Å². The van der Waals surface area contributed by atoms with Gasteiger partial charge in [-0.2, -0.15) is 5.26 Å². The molecule has 0 saturated carbocycles. The van der Waals surface area contributed by atoms with Crippen LogP contribution in [0.3, 0.4) is 0 Å². The lowest BCUT2D eigenvalue weighted by atomic mass is 10.1. The van der Waals surface area contributed by atoms with Crippen molar-refractivity contribution < 1.29 is 4.39 Å². The molecule has 0 atom stereocenters. The van der Waals surface area contributed by atoms with Gasteiger partial charge in [-0.05, 0) is 36.8 Å². The first kappa shape index (κ1) is 12.4. The second kappa shape index (κ2) is 4.46. The number of halogens is 1. The zero-order valence-electron chi connectivity index (χ0n) is 11.2. The topological polar surface area (TPSA) is 41.6 Å². The number of nitriles is 1. The van der Waals surface area contributed by atoms with E-state index >= 15 is 0 Å². The minimum absolute atomic E-state index is 0.258. The molecule has 0 aliphatic carbocycles. The number of fused-ring (bicyclic) bond motifs is 1. The van der Waals surface area contributed by atoms with Gasteiger partial charge in [-0.3, -0.25) is 0 Å². The standard InChI is InChI=1S/C16H12FN3/c1-10-4-3-5-12(15(10)17)16-19-13-7-6-11(9-18)8-14(13)20(16)2/h3-8H,1-2H3. The number of imidazole rings is 1. The summed E-state index contributed by atoms with van der Waals surface area (Å²) < 4.78 is 16.0. The third kappa shape index (κ3) is 1.76. The molecular formula is C16H12FN3. The zero-order chi connectivity index (χ0) is 14.3. The Morgan fingerprint density at radius 3 is 2.80 bits per heavy atom. The summed E-state index contributed by atoms with van der Waals surface area (Å²) in [7, 11) is 1.83. The summed E-state index contributed by atoms with van der Waals surface area (Å²) in [5, 5.41) is 8.95. The Kier molecular flexibility index (Phi) is 2.76. The quantitative estimate of drug-likeness (QED) is 0.675. The summed E-state index contributed by atoms with van der Waals surface area (Å²) in [6.07, 6.45) is 0. The van der Waals surface area contributed by atoms with Crippen LogP contribution in [0, 0.1) is 24.1 Å². The number of nitrogens with zero attached hydrogens (tertiary/aromatic N) is 3. The summed E-state index contributed by atoms with van der Waals surface area (Å²) in [6, 6.07) is 12.6. The maximum absolute atomic E-state index is 14.2. The smallest absolute Gasteiger partial charge is 0.143 e. The molecule has 1 heterocycles. The fourth-order valence-electron chi connectivity index (χ4n) is 2.32. The Balaban J connectivity index is 2.30. The zero-order valence-corrected chi connectivity index (χ0v) is 11.2. The molecule has 3 nitrogen and oxygen atoms in total. The third-order valence-corrected chi connectivity index (χ3v) is 3.44. The van der Waals surface area contributed by atoms with Crippen molar-refractivity contribution in [1.82, 2.24) is 9.55 Å². The van der Waals surface area contributed by atoms with Crippen LogP contribution < -0.4 is 0 Å². The molecule has 0 bridgehead atoms. The minimum atomic E-state index is -0.258. The van der Waals surface area contributed by atoms with Gasteiger partial charge in [0.25, 0.3) is 0 Å². The van der Waals surface area contributed by atoms with E-state index in [-0.39, 0.29) is 5.82 Å². The molecule has 0 saturated heterocycles. The number of benzene rings is 2. The molecular weight excluding hydrogens is 253 g/mol. The maximum atomic E-state index is 14.2. The molecule has 4 heteroatoms. The van der Waals surface area contributed by atoms with Crippen LogP contribution in [-0.4, -0.2) is 9.55 Å². The molecule has 0 N–H and O–H groups in total. The van der Waals surface area contributed by atoms with Crippen LogP contribution in [-0.2, 0) is 7.05 Å². The van der Waals surface area contributed by atoms with Crippen molar-refractivity contribution in [1.29, 1.82) is 5.26 Å². The van der Waals surface area contributed by atoms with Crippen LogP contribution >= 0.6 is 0 Å². The summed E-state index contributed by atoms with van der Waals surface area (Å²) in [5.41, 5.74) is 3.20. The predicted octanol–water partition coefficient (Wildman–Crippen LogP) is 3.56. The van der Waals surface area contributed by atoms with Crippen LogP contribution in [0.5, 0.6) is 0 Å². The van der Waals surface area contributed by atoms with Gasteiger partial charge in [-0.15, -0.1) is 0 Å². The highest BCUT2D eigenvalue weighted by Crippen LogP contribution is 2.27. The van der Waals surface area contributed by atoms with E-state index < -0.39 is 0 Å². The summed E-state index contributed by atoms with van der Waals surface area (Å²) >= 11 is 0.